The van der Waals surface area contributed by atoms with Crippen LogP contribution >= 0.6 is 0 Å². The number of benzene rings is 1. The van der Waals surface area contributed by atoms with Gasteiger partial charge in [-0.3, -0.25) is 4.79 Å². The van der Waals surface area contributed by atoms with Gasteiger partial charge in [-0.15, -0.1) is 0 Å². The van der Waals surface area contributed by atoms with Gasteiger partial charge >= 0.3 is 0 Å². The molecule has 0 N–H and O–H groups in total. The first kappa shape index (κ1) is 20.4. The smallest absolute Gasteiger partial charge is 0.266 e. The second-order valence-electron chi connectivity index (χ2n) is 7.47. The number of piperidine rings is 1. The summed E-state index contributed by atoms with van der Waals surface area (Å²) in [4.78, 5) is 16.2. The van der Waals surface area contributed by atoms with Crippen molar-refractivity contribution in [3.63, 3.8) is 0 Å². The molecule has 1 aliphatic rings. The molecule has 30 heavy (non-hydrogen) atoms. The van der Waals surface area contributed by atoms with Crippen LogP contribution in [0.5, 0.6) is 0 Å². The fraction of sp³-hybridized carbons (Fsp3) is 0.350. The number of aryl methyl sites for hydroxylation is 1. The molecule has 0 amide bonds. The number of nitrogens with zero attached hydrogens (tertiary/aromatic N) is 5. The molecule has 3 aromatic rings. The van der Waals surface area contributed by atoms with Gasteiger partial charge in [-0.05, 0) is 49.1 Å². The van der Waals surface area contributed by atoms with Crippen molar-refractivity contribution in [3.8, 4) is 11.3 Å². The summed E-state index contributed by atoms with van der Waals surface area (Å²) in [6.45, 7) is 1.15. The van der Waals surface area contributed by atoms with Crippen molar-refractivity contribution in [2.45, 2.75) is 24.4 Å². The number of imidazole rings is 1. The van der Waals surface area contributed by atoms with Crippen LogP contribution in [-0.4, -0.2) is 45.1 Å². The molecule has 0 aliphatic carbocycles. The van der Waals surface area contributed by atoms with Gasteiger partial charge in [0.2, 0.25) is 0 Å². The second-order valence-corrected chi connectivity index (χ2v) is 9.36. The molecule has 10 heteroatoms. The minimum Gasteiger partial charge on any atom is -0.339 e. The standard InChI is InChI=1S/C20H22FN5O3S/c1-24-13-19(22-14-24)30(28,29)25-10-8-15(9-11-25)12-26-20(27)7-6-18(23-26)16-2-4-17(21)5-3-16/h2-7,13-15H,8-12H2,1H3. The van der Waals surface area contributed by atoms with Crippen molar-refractivity contribution in [3.05, 3.63) is 65.1 Å². The van der Waals surface area contributed by atoms with Crippen LogP contribution in [0.1, 0.15) is 12.8 Å². The van der Waals surface area contributed by atoms with E-state index in [1.54, 1.807) is 29.8 Å². The number of hydrogen-bond acceptors (Lipinski definition) is 5. The molecular formula is C20H22FN5O3S. The van der Waals surface area contributed by atoms with Crippen molar-refractivity contribution < 1.29 is 12.8 Å². The lowest BCUT2D eigenvalue weighted by Crippen LogP contribution is -2.40. The summed E-state index contributed by atoms with van der Waals surface area (Å²) >= 11 is 0. The topological polar surface area (TPSA) is 90.1 Å². The molecule has 0 spiro atoms. The first-order valence-electron chi connectivity index (χ1n) is 9.65. The van der Waals surface area contributed by atoms with Crippen LogP contribution in [0.15, 0.2) is 58.7 Å². The Labute approximate surface area is 173 Å². The maximum absolute atomic E-state index is 13.2. The zero-order chi connectivity index (χ0) is 21.3. The number of rotatable bonds is 5. The van der Waals surface area contributed by atoms with E-state index in [0.29, 0.717) is 38.2 Å². The zero-order valence-electron chi connectivity index (χ0n) is 16.5. The highest BCUT2D eigenvalue weighted by Gasteiger charge is 2.31. The number of halogens is 1. The van der Waals surface area contributed by atoms with Crippen LogP contribution in [0.25, 0.3) is 11.3 Å². The van der Waals surface area contributed by atoms with E-state index in [-0.39, 0.29) is 22.3 Å². The normalized spacial score (nSPS) is 16.1. The summed E-state index contributed by atoms with van der Waals surface area (Å²) in [6.07, 6.45) is 4.21. The van der Waals surface area contributed by atoms with E-state index in [4.69, 9.17) is 0 Å². The van der Waals surface area contributed by atoms with Gasteiger partial charge in [0.05, 0.1) is 12.0 Å². The minimum absolute atomic E-state index is 0.0494. The Morgan fingerprint density at radius 1 is 1.10 bits per heavy atom. The Kier molecular flexibility index (Phi) is 5.52. The molecule has 0 atom stereocenters. The largest absolute Gasteiger partial charge is 0.339 e. The van der Waals surface area contributed by atoms with Crippen LogP contribution in [-0.2, 0) is 23.6 Å². The molecular weight excluding hydrogens is 409 g/mol. The fourth-order valence-electron chi connectivity index (χ4n) is 3.59. The van der Waals surface area contributed by atoms with Crippen LogP contribution in [0.4, 0.5) is 4.39 Å². The summed E-state index contributed by atoms with van der Waals surface area (Å²) in [6, 6.07) is 9.01. The molecule has 0 radical (unpaired) electrons. The quantitative estimate of drug-likeness (QED) is 0.615. The molecule has 8 nitrogen and oxygen atoms in total. The Morgan fingerprint density at radius 2 is 1.80 bits per heavy atom. The average Bonchev–Trinajstić information content (AvgIpc) is 3.18. The Hall–Kier alpha value is -2.85. The Morgan fingerprint density at radius 3 is 2.43 bits per heavy atom. The van der Waals surface area contributed by atoms with Crippen molar-refractivity contribution in [1.82, 2.24) is 23.6 Å². The lowest BCUT2D eigenvalue weighted by molar-refractivity contribution is 0.244. The lowest BCUT2D eigenvalue weighted by Gasteiger charge is -2.30. The van der Waals surface area contributed by atoms with Crippen LogP contribution in [0, 0.1) is 11.7 Å². The second kappa shape index (κ2) is 8.11. The maximum Gasteiger partial charge on any atom is 0.266 e. The van der Waals surface area contributed by atoms with Gasteiger partial charge in [0.25, 0.3) is 15.6 Å². The summed E-state index contributed by atoms with van der Waals surface area (Å²) in [5.74, 6) is -0.201. The summed E-state index contributed by atoms with van der Waals surface area (Å²) < 4.78 is 43.0. The Bertz CT molecular complexity index is 1200. The highest BCUT2D eigenvalue weighted by molar-refractivity contribution is 7.89. The lowest BCUT2D eigenvalue weighted by atomic mass is 9.98. The molecule has 158 valence electrons. The molecule has 1 aliphatic heterocycles. The van der Waals surface area contributed by atoms with Gasteiger partial charge in [0.15, 0.2) is 5.03 Å². The van der Waals surface area contributed by atoms with Gasteiger partial charge in [-0.1, -0.05) is 0 Å². The van der Waals surface area contributed by atoms with E-state index < -0.39 is 10.0 Å². The first-order valence-corrected chi connectivity index (χ1v) is 11.1. The van der Waals surface area contributed by atoms with E-state index in [0.717, 1.165) is 5.56 Å². The monoisotopic (exact) mass is 431 g/mol. The highest BCUT2D eigenvalue weighted by Crippen LogP contribution is 2.24. The molecule has 0 unspecified atom stereocenters. The van der Waals surface area contributed by atoms with Crippen molar-refractivity contribution >= 4 is 10.0 Å². The predicted octanol–water partition coefficient (Wildman–Crippen LogP) is 1.88. The molecule has 4 rings (SSSR count). The summed E-state index contributed by atoms with van der Waals surface area (Å²) in [5, 5.41) is 4.47. The highest BCUT2D eigenvalue weighted by atomic mass is 32.2. The van der Waals surface area contributed by atoms with Crippen molar-refractivity contribution in [1.29, 1.82) is 0 Å². The van der Waals surface area contributed by atoms with Gasteiger partial charge in [0, 0.05) is 44.5 Å². The van der Waals surface area contributed by atoms with Crippen LogP contribution in [0.3, 0.4) is 0 Å². The van der Waals surface area contributed by atoms with Crippen molar-refractivity contribution in [2.75, 3.05) is 13.1 Å². The molecule has 0 saturated carbocycles. The average molecular weight is 431 g/mol. The summed E-state index contributed by atoms with van der Waals surface area (Å²) in [7, 11) is -1.88. The van der Waals surface area contributed by atoms with E-state index >= 15 is 0 Å². The van der Waals surface area contributed by atoms with E-state index in [2.05, 4.69) is 10.1 Å². The van der Waals surface area contributed by atoms with E-state index in [9.17, 15) is 17.6 Å². The third-order valence-electron chi connectivity index (χ3n) is 5.30. The SMILES string of the molecule is Cn1cnc(S(=O)(=O)N2CCC(Cn3nc(-c4ccc(F)cc4)ccc3=O)CC2)c1. The number of sulfonamides is 1. The third kappa shape index (κ3) is 4.19. The minimum atomic E-state index is -3.61. The maximum atomic E-state index is 13.2. The first-order chi connectivity index (χ1) is 14.3. The van der Waals surface area contributed by atoms with Gasteiger partial charge in [-0.2, -0.15) is 9.40 Å². The Balaban J connectivity index is 1.44. The molecule has 1 saturated heterocycles. The molecule has 1 aromatic carbocycles. The van der Waals surface area contributed by atoms with Crippen LogP contribution in [0.2, 0.25) is 0 Å². The van der Waals surface area contributed by atoms with E-state index in [1.807, 2.05) is 0 Å². The fourth-order valence-corrected chi connectivity index (χ4v) is 5.02. The molecule has 2 aromatic heterocycles. The molecule has 1 fully saturated rings. The number of aromatic nitrogens is 4. The van der Waals surface area contributed by atoms with Gasteiger partial charge in [0.1, 0.15) is 5.82 Å². The number of hydrogen-bond donors (Lipinski definition) is 0. The molecule has 0 bridgehead atoms. The zero-order valence-corrected chi connectivity index (χ0v) is 17.3. The van der Waals surface area contributed by atoms with Gasteiger partial charge < -0.3 is 4.57 Å². The molecule has 3 heterocycles. The summed E-state index contributed by atoms with van der Waals surface area (Å²) in [5.41, 5.74) is 1.09. The van der Waals surface area contributed by atoms with Crippen molar-refractivity contribution in [2.24, 2.45) is 13.0 Å². The third-order valence-corrected chi connectivity index (χ3v) is 7.08. The van der Waals surface area contributed by atoms with Crippen LogP contribution < -0.4 is 5.56 Å². The van der Waals surface area contributed by atoms with Gasteiger partial charge in [-0.25, -0.2) is 22.5 Å². The van der Waals surface area contributed by atoms with E-state index in [1.165, 1.54) is 39.7 Å². The predicted molar refractivity (Wildman–Crippen MR) is 109 cm³/mol.